The zero-order valence-electron chi connectivity index (χ0n) is 21.4. The van der Waals surface area contributed by atoms with Gasteiger partial charge >= 0.3 is 0 Å². The van der Waals surface area contributed by atoms with Gasteiger partial charge in [-0.2, -0.15) is 0 Å². The fraction of sp³-hybridized carbons (Fsp3) is 0.857. The molecule has 0 spiro atoms. The Labute approximate surface area is 192 Å². The third-order valence-corrected chi connectivity index (χ3v) is 15.7. The monoisotopic (exact) mass is 442 g/mol. The van der Waals surface area contributed by atoms with Crippen molar-refractivity contribution < 1.29 is 9.16 Å². The molecule has 3 heteroatoms. The molecular formula is C28H46O2Si. The van der Waals surface area contributed by atoms with Crippen LogP contribution in [0, 0.1) is 28.6 Å². The summed E-state index contributed by atoms with van der Waals surface area (Å²) in [5.74, 6) is 2.28. The second kappa shape index (κ2) is 6.82. The molecule has 0 amide bonds. The summed E-state index contributed by atoms with van der Waals surface area (Å²) in [6.07, 6.45) is 14.7. The highest BCUT2D eigenvalue weighted by Gasteiger charge is 2.63. The lowest BCUT2D eigenvalue weighted by Crippen LogP contribution is -2.49. The van der Waals surface area contributed by atoms with E-state index in [1.807, 2.05) is 0 Å². The molecule has 5 rings (SSSR count). The van der Waals surface area contributed by atoms with Crippen molar-refractivity contribution in [3.63, 3.8) is 0 Å². The molecule has 174 valence electrons. The lowest BCUT2D eigenvalue weighted by molar-refractivity contribution is 0.0279. The van der Waals surface area contributed by atoms with Crippen molar-refractivity contribution in [3.05, 3.63) is 23.3 Å². The second-order valence-electron chi connectivity index (χ2n) is 13.9. The van der Waals surface area contributed by atoms with Crippen molar-refractivity contribution >= 4 is 8.32 Å². The van der Waals surface area contributed by atoms with Crippen molar-refractivity contribution in [1.29, 1.82) is 0 Å². The Morgan fingerprint density at radius 3 is 2.32 bits per heavy atom. The van der Waals surface area contributed by atoms with Gasteiger partial charge in [-0.3, -0.25) is 0 Å². The minimum Gasteiger partial charge on any atom is -0.414 e. The zero-order valence-corrected chi connectivity index (χ0v) is 22.4. The maximum Gasteiger partial charge on any atom is 0.192 e. The van der Waals surface area contributed by atoms with Crippen LogP contribution in [0.25, 0.3) is 0 Å². The first-order valence-electron chi connectivity index (χ1n) is 13.0. The van der Waals surface area contributed by atoms with Gasteiger partial charge in [0.05, 0.1) is 12.2 Å². The molecule has 0 unspecified atom stereocenters. The van der Waals surface area contributed by atoms with Crippen molar-refractivity contribution in [3.8, 4) is 0 Å². The van der Waals surface area contributed by atoms with E-state index in [0.717, 1.165) is 30.8 Å². The summed E-state index contributed by atoms with van der Waals surface area (Å²) < 4.78 is 12.8. The molecule has 1 heterocycles. The predicted molar refractivity (Wildman–Crippen MR) is 132 cm³/mol. The van der Waals surface area contributed by atoms with Crippen molar-refractivity contribution in [2.75, 3.05) is 6.61 Å². The number of hydrogen-bond acceptors (Lipinski definition) is 2. The van der Waals surface area contributed by atoms with Gasteiger partial charge in [-0.15, -0.1) is 0 Å². The summed E-state index contributed by atoms with van der Waals surface area (Å²) >= 11 is 0. The second-order valence-corrected chi connectivity index (χ2v) is 18.7. The average Bonchev–Trinajstić information content (AvgIpc) is 3.29. The molecular weight excluding hydrogens is 396 g/mol. The van der Waals surface area contributed by atoms with E-state index >= 15 is 0 Å². The maximum absolute atomic E-state index is 6.88. The molecule has 0 aromatic carbocycles. The Balaban J connectivity index is 1.38. The topological polar surface area (TPSA) is 21.8 Å². The first-order chi connectivity index (χ1) is 14.3. The van der Waals surface area contributed by atoms with Gasteiger partial charge in [-0.1, -0.05) is 57.9 Å². The van der Waals surface area contributed by atoms with E-state index in [0.29, 0.717) is 16.9 Å². The third-order valence-electron chi connectivity index (χ3n) is 11.1. The van der Waals surface area contributed by atoms with E-state index in [4.69, 9.17) is 9.16 Å². The van der Waals surface area contributed by atoms with Crippen LogP contribution in [0.3, 0.4) is 0 Å². The molecule has 0 N–H and O–H groups in total. The maximum atomic E-state index is 6.88. The quantitative estimate of drug-likeness (QED) is 0.330. The van der Waals surface area contributed by atoms with E-state index in [1.165, 1.54) is 38.5 Å². The largest absolute Gasteiger partial charge is 0.414 e. The molecule has 0 aromatic rings. The summed E-state index contributed by atoms with van der Waals surface area (Å²) in [6, 6.07) is 0. The van der Waals surface area contributed by atoms with Gasteiger partial charge in [0, 0.05) is 6.10 Å². The normalized spacial score (nSPS) is 47.1. The number of rotatable bonds is 3. The van der Waals surface area contributed by atoms with Gasteiger partial charge in [-0.05, 0) is 98.6 Å². The van der Waals surface area contributed by atoms with Crippen molar-refractivity contribution in [2.24, 2.45) is 28.6 Å². The van der Waals surface area contributed by atoms with Crippen LogP contribution >= 0.6 is 0 Å². The molecule has 4 aliphatic carbocycles. The minimum absolute atomic E-state index is 0.176. The smallest absolute Gasteiger partial charge is 0.192 e. The molecule has 0 aromatic heterocycles. The third kappa shape index (κ3) is 3.31. The van der Waals surface area contributed by atoms with E-state index < -0.39 is 8.32 Å². The van der Waals surface area contributed by atoms with Crippen LogP contribution in [-0.4, -0.2) is 26.6 Å². The minimum atomic E-state index is -1.71. The van der Waals surface area contributed by atoms with Crippen LogP contribution < -0.4 is 0 Å². The molecule has 0 bridgehead atoms. The first kappa shape index (κ1) is 22.4. The summed E-state index contributed by atoms with van der Waals surface area (Å²) in [5.41, 5.74) is 4.46. The van der Waals surface area contributed by atoms with E-state index in [2.05, 4.69) is 66.8 Å². The number of epoxide rings is 1. The SMILES string of the molecule is CC(C)(C)[Si](C)(C)O[C@H]1CC[C@@]2(C)C(=CC=C3[C@@H]4CC[C@H]([C@]5(C)CO5)[C@@]4(C)CC[C@@H]32)C1. The van der Waals surface area contributed by atoms with Crippen molar-refractivity contribution in [2.45, 2.75) is 116 Å². The standard InChI is InChI=1S/C28H46O2Si/c1-25(2,3)31(7,8)30-20-13-15-26(4)19(17-20)9-10-21-22-11-12-24(28(6)18-29-28)27(22,5)16-14-23(21)26/h9-10,20,22-24H,11-18H2,1-8H3/t20-,22-,23-,24-,26-,27-,28-/m0/s1. The van der Waals surface area contributed by atoms with Crippen LogP contribution in [0.15, 0.2) is 23.3 Å². The van der Waals surface area contributed by atoms with Crippen LogP contribution in [0.5, 0.6) is 0 Å². The Hall–Kier alpha value is -0.383. The Morgan fingerprint density at radius 2 is 1.68 bits per heavy atom. The van der Waals surface area contributed by atoms with E-state index in [-0.39, 0.29) is 10.6 Å². The van der Waals surface area contributed by atoms with E-state index in [1.54, 1.807) is 11.1 Å². The molecule has 2 nitrogen and oxygen atoms in total. The summed E-state index contributed by atoms with van der Waals surface area (Å²) in [5, 5.41) is 0.288. The Morgan fingerprint density at radius 1 is 0.968 bits per heavy atom. The fourth-order valence-corrected chi connectivity index (χ4v) is 9.37. The highest BCUT2D eigenvalue weighted by atomic mass is 28.4. The number of ether oxygens (including phenoxy) is 1. The van der Waals surface area contributed by atoms with Crippen LogP contribution in [0.2, 0.25) is 18.1 Å². The first-order valence-corrected chi connectivity index (χ1v) is 15.9. The Kier molecular flexibility index (Phi) is 4.93. The van der Waals surface area contributed by atoms with Gasteiger partial charge in [-0.25, -0.2) is 0 Å². The zero-order chi connectivity index (χ0) is 22.4. The number of hydrogen-bond donors (Lipinski definition) is 0. The van der Waals surface area contributed by atoms with Crippen LogP contribution in [0.1, 0.15) is 86.5 Å². The lowest BCUT2D eigenvalue weighted by Gasteiger charge is -2.55. The average molecular weight is 443 g/mol. The molecule has 5 aliphatic rings. The highest BCUT2D eigenvalue weighted by molar-refractivity contribution is 6.74. The molecule has 1 aliphatic heterocycles. The molecule has 31 heavy (non-hydrogen) atoms. The summed E-state index contributed by atoms with van der Waals surface area (Å²) in [6.45, 7) is 20.5. The molecule has 0 radical (unpaired) electrons. The van der Waals surface area contributed by atoms with Gasteiger partial charge in [0.25, 0.3) is 0 Å². The number of allylic oxidation sites excluding steroid dienone is 3. The predicted octanol–water partition coefficient (Wildman–Crippen LogP) is 7.66. The highest BCUT2D eigenvalue weighted by Crippen LogP contribution is 2.67. The molecule has 7 atom stereocenters. The fourth-order valence-electron chi connectivity index (χ4n) is 7.98. The molecule has 4 fully saturated rings. The van der Waals surface area contributed by atoms with E-state index in [9.17, 15) is 0 Å². The Bertz CT molecular complexity index is 813. The van der Waals surface area contributed by atoms with Gasteiger partial charge in [0.15, 0.2) is 8.32 Å². The number of fused-ring (bicyclic) bond motifs is 5. The van der Waals surface area contributed by atoms with Gasteiger partial charge in [0.2, 0.25) is 0 Å². The van der Waals surface area contributed by atoms with Gasteiger partial charge < -0.3 is 9.16 Å². The van der Waals surface area contributed by atoms with Crippen LogP contribution in [-0.2, 0) is 9.16 Å². The summed E-state index contributed by atoms with van der Waals surface area (Å²) in [4.78, 5) is 0. The van der Waals surface area contributed by atoms with Gasteiger partial charge in [0.1, 0.15) is 0 Å². The lowest BCUT2D eigenvalue weighted by atomic mass is 9.50. The molecule has 3 saturated carbocycles. The van der Waals surface area contributed by atoms with Crippen molar-refractivity contribution in [1.82, 2.24) is 0 Å². The summed E-state index contributed by atoms with van der Waals surface area (Å²) in [7, 11) is -1.71. The molecule has 1 saturated heterocycles. The van der Waals surface area contributed by atoms with Crippen LogP contribution in [0.4, 0.5) is 0 Å².